The van der Waals surface area contributed by atoms with Gasteiger partial charge in [-0.1, -0.05) is 19.3 Å². The van der Waals surface area contributed by atoms with Gasteiger partial charge in [0.15, 0.2) is 0 Å². The molecule has 3 rings (SSSR count). The van der Waals surface area contributed by atoms with Crippen LogP contribution in [-0.4, -0.2) is 20.4 Å². The number of nitrogens with one attached hydrogen (secondary N) is 3. The fraction of sp³-hybridized carbons (Fsp3) is 0.500. The number of nitro benzene ring substituents is 1. The fourth-order valence-electron chi connectivity index (χ4n) is 3.34. The summed E-state index contributed by atoms with van der Waals surface area (Å²) in [6, 6.07) is 2.70. The van der Waals surface area contributed by atoms with Crippen molar-refractivity contribution in [1.29, 1.82) is 0 Å². The Morgan fingerprint density at radius 3 is 2.50 bits per heavy atom. The third-order valence-electron chi connectivity index (χ3n) is 4.77. The molecule has 0 aliphatic heterocycles. The van der Waals surface area contributed by atoms with E-state index in [9.17, 15) is 19.7 Å². The summed E-state index contributed by atoms with van der Waals surface area (Å²) in [5, 5.41) is 14.6. The van der Waals surface area contributed by atoms with E-state index >= 15 is 0 Å². The first-order chi connectivity index (χ1) is 11.4. The molecule has 2 aromatic rings. The molecular formula is C16H20N4O4. The Labute approximate surface area is 137 Å². The average molecular weight is 332 g/mol. The number of aromatic nitrogens is 2. The highest BCUT2D eigenvalue weighted by Gasteiger charge is 2.26. The van der Waals surface area contributed by atoms with E-state index in [1.165, 1.54) is 18.6 Å². The number of nitro groups is 1. The highest BCUT2D eigenvalue weighted by atomic mass is 16.6. The zero-order valence-electron chi connectivity index (χ0n) is 13.5. The highest BCUT2D eigenvalue weighted by Crippen LogP contribution is 2.29. The first kappa shape index (κ1) is 16.4. The third-order valence-corrected chi connectivity index (χ3v) is 4.77. The minimum Gasteiger partial charge on any atom is -0.316 e. The molecule has 0 atom stereocenters. The second kappa shape index (κ2) is 6.20. The number of non-ortho nitro benzene ring substituents is 1. The summed E-state index contributed by atoms with van der Waals surface area (Å²) in [4.78, 5) is 38.7. The SMILES string of the molecule is CC1(NCc2cc([N+](=O)[O-])cc3[nH]c(=O)c(=O)[nH]c23)CCCCC1. The maximum atomic E-state index is 11.6. The summed E-state index contributed by atoms with van der Waals surface area (Å²) in [6.07, 6.45) is 5.64. The maximum absolute atomic E-state index is 11.6. The minimum atomic E-state index is -0.818. The Morgan fingerprint density at radius 1 is 1.17 bits per heavy atom. The second-order valence-corrected chi connectivity index (χ2v) is 6.67. The van der Waals surface area contributed by atoms with E-state index in [2.05, 4.69) is 22.2 Å². The number of H-pyrrole nitrogens is 2. The van der Waals surface area contributed by atoms with Crippen molar-refractivity contribution in [3.8, 4) is 0 Å². The number of benzene rings is 1. The van der Waals surface area contributed by atoms with Crippen molar-refractivity contribution < 1.29 is 4.92 Å². The monoisotopic (exact) mass is 332 g/mol. The molecule has 1 fully saturated rings. The van der Waals surface area contributed by atoms with Crippen LogP contribution in [0.3, 0.4) is 0 Å². The summed E-state index contributed by atoms with van der Waals surface area (Å²) in [7, 11) is 0. The van der Waals surface area contributed by atoms with Crippen molar-refractivity contribution >= 4 is 16.7 Å². The van der Waals surface area contributed by atoms with E-state index < -0.39 is 16.0 Å². The van der Waals surface area contributed by atoms with E-state index in [4.69, 9.17) is 0 Å². The summed E-state index contributed by atoms with van der Waals surface area (Å²) in [5.41, 5.74) is -0.424. The standard InChI is InChI=1S/C16H20N4O4/c1-16(5-3-2-4-6-16)17-9-10-7-11(20(23)24)8-12-13(10)19-15(22)14(21)18-12/h7-8,17H,2-6,9H2,1H3,(H,18,21)(H,19,22). The highest BCUT2D eigenvalue weighted by molar-refractivity contribution is 5.80. The van der Waals surface area contributed by atoms with Crippen molar-refractivity contribution in [3.63, 3.8) is 0 Å². The molecule has 8 nitrogen and oxygen atoms in total. The van der Waals surface area contributed by atoms with Gasteiger partial charge in [0, 0.05) is 24.2 Å². The molecule has 1 aliphatic carbocycles. The van der Waals surface area contributed by atoms with Gasteiger partial charge in [-0.05, 0) is 25.3 Å². The molecule has 0 spiro atoms. The molecule has 0 unspecified atom stereocenters. The summed E-state index contributed by atoms with van der Waals surface area (Å²) in [6.45, 7) is 2.53. The second-order valence-electron chi connectivity index (χ2n) is 6.67. The van der Waals surface area contributed by atoms with Gasteiger partial charge < -0.3 is 15.3 Å². The van der Waals surface area contributed by atoms with Crippen molar-refractivity contribution in [2.45, 2.75) is 51.1 Å². The third kappa shape index (κ3) is 3.23. The van der Waals surface area contributed by atoms with Gasteiger partial charge in [-0.15, -0.1) is 0 Å². The molecule has 3 N–H and O–H groups in total. The fourth-order valence-corrected chi connectivity index (χ4v) is 3.34. The smallest absolute Gasteiger partial charge is 0.314 e. The van der Waals surface area contributed by atoms with E-state index in [1.54, 1.807) is 0 Å². The Balaban J connectivity index is 2.01. The lowest BCUT2D eigenvalue weighted by atomic mass is 9.83. The summed E-state index contributed by atoms with van der Waals surface area (Å²) < 4.78 is 0. The predicted octanol–water partition coefficient (Wildman–Crippen LogP) is 1.94. The van der Waals surface area contributed by atoms with Gasteiger partial charge in [-0.25, -0.2) is 0 Å². The van der Waals surface area contributed by atoms with E-state index in [0.717, 1.165) is 25.7 Å². The zero-order valence-corrected chi connectivity index (χ0v) is 13.5. The normalized spacial score (nSPS) is 17.0. The number of nitrogens with zero attached hydrogens (tertiary/aromatic N) is 1. The quantitative estimate of drug-likeness (QED) is 0.449. The molecule has 0 amide bonds. The van der Waals surface area contributed by atoms with Gasteiger partial charge in [-0.2, -0.15) is 0 Å². The van der Waals surface area contributed by atoms with Crippen LogP contribution in [0.1, 0.15) is 44.6 Å². The molecule has 8 heteroatoms. The van der Waals surface area contributed by atoms with Crippen molar-refractivity contribution in [3.05, 3.63) is 48.5 Å². The van der Waals surface area contributed by atoms with Crippen LogP contribution < -0.4 is 16.4 Å². The Bertz CT molecular complexity index is 893. The zero-order chi connectivity index (χ0) is 17.3. The van der Waals surface area contributed by atoms with Crippen molar-refractivity contribution in [1.82, 2.24) is 15.3 Å². The van der Waals surface area contributed by atoms with Crippen LogP contribution in [0.2, 0.25) is 0 Å². The molecular weight excluding hydrogens is 312 g/mol. The molecule has 1 aromatic heterocycles. The molecule has 1 heterocycles. The number of rotatable bonds is 4. The van der Waals surface area contributed by atoms with E-state index in [-0.39, 0.29) is 16.7 Å². The van der Waals surface area contributed by atoms with Crippen LogP contribution in [0.15, 0.2) is 21.7 Å². The average Bonchev–Trinajstić information content (AvgIpc) is 2.54. The van der Waals surface area contributed by atoms with Crippen molar-refractivity contribution in [2.24, 2.45) is 0 Å². The van der Waals surface area contributed by atoms with Crippen LogP contribution in [0.25, 0.3) is 11.0 Å². The molecule has 1 aromatic carbocycles. The molecule has 128 valence electrons. The largest absolute Gasteiger partial charge is 0.316 e. The summed E-state index contributed by atoms with van der Waals surface area (Å²) in [5.74, 6) is 0. The Hall–Kier alpha value is -2.48. The van der Waals surface area contributed by atoms with Gasteiger partial charge in [0.25, 0.3) is 5.69 Å². The van der Waals surface area contributed by atoms with Gasteiger partial charge in [-0.3, -0.25) is 19.7 Å². The maximum Gasteiger partial charge on any atom is 0.314 e. The van der Waals surface area contributed by atoms with Crippen molar-refractivity contribution in [2.75, 3.05) is 0 Å². The Morgan fingerprint density at radius 2 is 1.83 bits per heavy atom. The van der Waals surface area contributed by atoms with E-state index in [0.29, 0.717) is 17.6 Å². The number of fused-ring (bicyclic) bond motifs is 1. The Kier molecular flexibility index (Phi) is 4.23. The first-order valence-electron chi connectivity index (χ1n) is 8.07. The lowest BCUT2D eigenvalue weighted by Gasteiger charge is -2.35. The molecule has 0 saturated heterocycles. The number of aromatic amines is 2. The number of hydrogen-bond donors (Lipinski definition) is 3. The van der Waals surface area contributed by atoms with Gasteiger partial charge >= 0.3 is 11.1 Å². The molecule has 1 saturated carbocycles. The molecule has 24 heavy (non-hydrogen) atoms. The predicted molar refractivity (Wildman–Crippen MR) is 90.2 cm³/mol. The van der Waals surface area contributed by atoms with Crippen LogP contribution in [-0.2, 0) is 6.54 Å². The van der Waals surface area contributed by atoms with Crippen LogP contribution >= 0.6 is 0 Å². The molecule has 0 bridgehead atoms. The lowest BCUT2D eigenvalue weighted by Crippen LogP contribution is -2.43. The molecule has 0 radical (unpaired) electrons. The van der Waals surface area contributed by atoms with Gasteiger partial charge in [0.1, 0.15) is 0 Å². The van der Waals surface area contributed by atoms with Crippen LogP contribution in [0.4, 0.5) is 5.69 Å². The van der Waals surface area contributed by atoms with E-state index in [1.807, 2.05) is 0 Å². The first-order valence-corrected chi connectivity index (χ1v) is 8.07. The van der Waals surface area contributed by atoms with Gasteiger partial charge in [0.2, 0.25) is 0 Å². The van der Waals surface area contributed by atoms with Gasteiger partial charge in [0.05, 0.1) is 16.0 Å². The lowest BCUT2D eigenvalue weighted by molar-refractivity contribution is -0.384. The minimum absolute atomic E-state index is 0.0162. The number of hydrogen-bond acceptors (Lipinski definition) is 5. The summed E-state index contributed by atoms with van der Waals surface area (Å²) >= 11 is 0. The molecule has 1 aliphatic rings. The topological polar surface area (TPSA) is 121 Å². The van der Waals surface area contributed by atoms with Crippen LogP contribution in [0.5, 0.6) is 0 Å². The van der Waals surface area contributed by atoms with Crippen LogP contribution in [0, 0.1) is 10.1 Å².